The molecule has 4 aliphatic carbocycles. The summed E-state index contributed by atoms with van der Waals surface area (Å²) < 4.78 is 0.566. The molecule has 0 aliphatic heterocycles. The van der Waals surface area contributed by atoms with Crippen LogP contribution in [0.4, 0.5) is 0 Å². The Labute approximate surface area is 276 Å². The van der Waals surface area contributed by atoms with E-state index in [1.54, 1.807) is 10.6 Å². The summed E-state index contributed by atoms with van der Waals surface area (Å²) in [5.41, 5.74) is 7.52. The second-order valence-electron chi connectivity index (χ2n) is 13.6. The molecule has 6 rings (SSSR count). The number of halogens is 2. The third-order valence-electron chi connectivity index (χ3n) is 10.7. The molecule has 0 radical (unpaired) electrons. The molecule has 2 aromatic carbocycles. The third kappa shape index (κ3) is 7.08. The maximum atomic E-state index is 8.35. The van der Waals surface area contributed by atoms with Crippen LogP contribution in [0.3, 0.4) is 0 Å². The van der Waals surface area contributed by atoms with E-state index in [1.165, 1.54) is 124 Å². The van der Waals surface area contributed by atoms with Crippen LogP contribution in [0.5, 0.6) is 0 Å². The Balaban J connectivity index is 1.45. The molecule has 0 saturated heterocycles. The molecule has 2 saturated carbocycles. The van der Waals surface area contributed by atoms with Gasteiger partial charge in [-0.2, -0.15) is 0 Å². The van der Waals surface area contributed by atoms with E-state index < -0.39 is 17.6 Å². The van der Waals surface area contributed by atoms with Crippen molar-refractivity contribution in [2.75, 3.05) is 12.3 Å². The average molecular weight is 820 g/mol. The van der Waals surface area contributed by atoms with Crippen LogP contribution in [0.15, 0.2) is 59.2 Å². The summed E-state index contributed by atoms with van der Waals surface area (Å²) in [7, 11) is 16.2. The van der Waals surface area contributed by atoms with E-state index in [1.807, 2.05) is 0 Å². The molecule has 0 heterocycles. The molecule has 2 fully saturated rings. The Morgan fingerprint density at radius 1 is 0.628 bits per heavy atom. The van der Waals surface area contributed by atoms with Crippen molar-refractivity contribution in [2.24, 2.45) is 0 Å². The van der Waals surface area contributed by atoms with Crippen LogP contribution in [0.25, 0.3) is 12.2 Å². The minimum absolute atomic E-state index is 0.225. The van der Waals surface area contributed by atoms with E-state index in [-0.39, 0.29) is 23.2 Å². The molecule has 2 aromatic rings. The second-order valence-corrected chi connectivity index (χ2v) is 39.7. The zero-order valence-corrected chi connectivity index (χ0v) is 33.4. The fraction of sp³-hybridized carbons (Fsp3) is 0.579. The van der Waals surface area contributed by atoms with Gasteiger partial charge in [0.25, 0.3) is 0 Å². The van der Waals surface area contributed by atoms with Crippen LogP contribution in [0.1, 0.15) is 133 Å². The molecule has 0 aromatic heterocycles. The van der Waals surface area contributed by atoms with Crippen molar-refractivity contribution in [3.05, 3.63) is 81.4 Å². The third-order valence-corrected chi connectivity index (χ3v) is 36.1. The minimum atomic E-state index is -4.18. The zero-order chi connectivity index (χ0) is 29.8. The molecule has 5 heteroatoms. The van der Waals surface area contributed by atoms with Crippen molar-refractivity contribution >= 4 is 45.1 Å². The molecule has 2 atom stereocenters. The van der Waals surface area contributed by atoms with Crippen LogP contribution in [0.2, 0.25) is 0 Å². The van der Waals surface area contributed by atoms with Crippen LogP contribution in [-0.2, 0) is 17.6 Å². The average Bonchev–Trinajstić information content (AvgIpc) is 3.62. The maximum absolute atomic E-state index is 8.35. The fourth-order valence-electron chi connectivity index (χ4n) is 8.59. The predicted molar refractivity (Wildman–Crippen MR) is 193 cm³/mol. The molecule has 2 unspecified atom stereocenters. The Morgan fingerprint density at radius 2 is 1.07 bits per heavy atom. The van der Waals surface area contributed by atoms with Crippen molar-refractivity contribution < 1.29 is 17.6 Å². The first-order valence-corrected chi connectivity index (χ1v) is 33.8. The number of unbranched alkanes of at least 4 members (excludes halogenated alkanes) is 2. The molecule has 0 spiro atoms. The topological polar surface area (TPSA) is 0 Å². The van der Waals surface area contributed by atoms with Crippen molar-refractivity contribution in [1.82, 2.24) is 0 Å². The predicted octanol–water partition coefficient (Wildman–Crippen LogP) is 13.9. The summed E-state index contributed by atoms with van der Waals surface area (Å²) in [4.78, 5) is 0. The zero-order valence-electron chi connectivity index (χ0n) is 26.5. The first kappa shape index (κ1) is 33.1. The van der Waals surface area contributed by atoms with Gasteiger partial charge in [0.1, 0.15) is 0 Å². The van der Waals surface area contributed by atoms with Crippen LogP contribution < -0.4 is 0 Å². The van der Waals surface area contributed by atoms with E-state index in [9.17, 15) is 0 Å². The number of rotatable bonds is 12. The van der Waals surface area contributed by atoms with Gasteiger partial charge in [0, 0.05) is 0 Å². The quantitative estimate of drug-likeness (QED) is 0.148. The summed E-state index contributed by atoms with van der Waals surface area (Å²) in [5, 5.41) is 3.42. The number of hydrogen-bond donors (Lipinski definition) is 0. The molecule has 4 aliphatic rings. The summed E-state index contributed by atoms with van der Waals surface area (Å²) in [6.07, 6.45) is 27.3. The number of benzene rings is 2. The van der Waals surface area contributed by atoms with Gasteiger partial charge in [0.05, 0.1) is 0 Å². The van der Waals surface area contributed by atoms with E-state index in [0.29, 0.717) is 0 Å². The molecule has 0 nitrogen and oxygen atoms in total. The SMILES string of the molecule is CCCCP(CCCC)C1=Cc2ccccc2[CH]1[Hf]([Cl])([Cl])[CH]1C(P(C2CCCCC2)C2CCCCC2)=Cc2ccccc21. The van der Waals surface area contributed by atoms with Crippen LogP contribution in [-0.4, -0.2) is 23.6 Å². The van der Waals surface area contributed by atoms with Crippen LogP contribution in [0, 0.1) is 0 Å². The number of allylic oxidation sites excluding steroid dienone is 2. The van der Waals surface area contributed by atoms with Crippen molar-refractivity contribution in [3.63, 3.8) is 0 Å². The molecular weight excluding hydrogens is 768 g/mol. The van der Waals surface area contributed by atoms with Gasteiger partial charge in [-0.1, -0.05) is 0 Å². The van der Waals surface area contributed by atoms with Gasteiger partial charge in [-0.15, -0.1) is 0 Å². The normalized spacial score (nSPS) is 23.0. The Morgan fingerprint density at radius 3 is 1.56 bits per heavy atom. The summed E-state index contributed by atoms with van der Waals surface area (Å²) in [5.74, 6) is 0. The standard InChI is InChI=1S/C21H28P.C17H24P.2ClH.Hf/c1-3-11-19(12-4-1)22(20-13-5-2-6-14-20)21-15-17-9-7-8-10-18(17)16-21;1-3-5-11-18(12-6-4-2)17-13-15-9-7-8-10-16(15)14-17;;;/h7-10,15-16,19-20H,1-6,11-14H2;7-10,13-14H,3-6,11-12H2,1-2H3;2*1H;/q;;;;+2/p-2. The first-order valence-electron chi connectivity index (χ1n) is 17.6. The van der Waals surface area contributed by atoms with E-state index in [2.05, 4.69) is 74.5 Å². The molecule has 232 valence electrons. The van der Waals surface area contributed by atoms with Gasteiger partial charge in [-0.25, -0.2) is 0 Å². The Hall–Kier alpha value is 0.230. The van der Waals surface area contributed by atoms with E-state index >= 15 is 0 Å². The molecular formula is C38H52Cl2HfP2. The van der Waals surface area contributed by atoms with Crippen molar-refractivity contribution in [1.29, 1.82) is 0 Å². The van der Waals surface area contributed by atoms with Gasteiger partial charge in [0.2, 0.25) is 0 Å². The number of fused-ring (bicyclic) bond motifs is 2. The van der Waals surface area contributed by atoms with Gasteiger partial charge in [-0.05, 0) is 0 Å². The monoisotopic (exact) mass is 820 g/mol. The molecule has 0 amide bonds. The summed E-state index contributed by atoms with van der Waals surface area (Å²) >= 11 is -4.18. The Bertz CT molecular complexity index is 1260. The first-order chi connectivity index (χ1) is 21.0. The molecule has 0 N–H and O–H groups in total. The molecule has 43 heavy (non-hydrogen) atoms. The summed E-state index contributed by atoms with van der Waals surface area (Å²) in [6.45, 7) is 4.70. The fourth-order valence-corrected chi connectivity index (χ4v) is 42.2. The van der Waals surface area contributed by atoms with Crippen molar-refractivity contribution in [2.45, 2.75) is 122 Å². The van der Waals surface area contributed by atoms with Crippen LogP contribution >= 0.6 is 33.0 Å². The Kier molecular flexibility index (Phi) is 11.9. The van der Waals surface area contributed by atoms with E-state index in [4.69, 9.17) is 17.2 Å². The van der Waals surface area contributed by atoms with Gasteiger partial charge in [0.15, 0.2) is 0 Å². The van der Waals surface area contributed by atoms with E-state index in [0.717, 1.165) is 11.3 Å². The summed E-state index contributed by atoms with van der Waals surface area (Å²) in [6, 6.07) is 18.5. The van der Waals surface area contributed by atoms with Gasteiger partial charge < -0.3 is 0 Å². The second kappa shape index (κ2) is 15.4. The number of hydrogen-bond acceptors (Lipinski definition) is 0. The van der Waals surface area contributed by atoms with Gasteiger partial charge in [-0.3, -0.25) is 0 Å². The molecule has 0 bridgehead atoms. The van der Waals surface area contributed by atoms with Crippen molar-refractivity contribution in [3.8, 4) is 0 Å². The van der Waals surface area contributed by atoms with Gasteiger partial charge >= 0.3 is 279 Å².